The zero-order chi connectivity index (χ0) is 12.0. The SMILES string of the molecule is C=C(C)c1ccc2cccc3ccc(=C)c1c23. The Hall–Kier alpha value is -2.08. The van der Waals surface area contributed by atoms with E-state index in [1.807, 2.05) is 6.92 Å². The van der Waals surface area contributed by atoms with Crippen LogP contribution in [0.5, 0.6) is 0 Å². The third-order valence-electron chi connectivity index (χ3n) is 3.32. The average Bonchev–Trinajstić information content (AvgIpc) is 2.33. The van der Waals surface area contributed by atoms with Crippen LogP contribution in [0.15, 0.2) is 49.0 Å². The van der Waals surface area contributed by atoms with Crippen molar-refractivity contribution in [2.24, 2.45) is 0 Å². The van der Waals surface area contributed by atoms with Crippen molar-refractivity contribution < 1.29 is 0 Å². The molecule has 3 aromatic carbocycles. The van der Waals surface area contributed by atoms with Crippen molar-refractivity contribution in [2.45, 2.75) is 6.92 Å². The minimum absolute atomic E-state index is 1.08. The molecule has 0 bridgehead atoms. The second kappa shape index (κ2) is 3.46. The Kier molecular flexibility index (Phi) is 2.05. The molecular weight excluding hydrogens is 204 g/mol. The van der Waals surface area contributed by atoms with Crippen molar-refractivity contribution in [3.8, 4) is 0 Å². The number of benzene rings is 3. The maximum atomic E-state index is 4.15. The van der Waals surface area contributed by atoms with Crippen LogP contribution >= 0.6 is 0 Å². The van der Waals surface area contributed by atoms with Crippen molar-refractivity contribution in [1.82, 2.24) is 0 Å². The lowest BCUT2D eigenvalue weighted by molar-refractivity contribution is 1.63. The standard InChI is InChI=1S/C17H14/c1-11(2)15-10-9-14-6-4-5-13-8-7-12(3)16(15)17(13)14/h4-10H,1,3H2,2H3. The number of allylic oxidation sites excluding steroid dienone is 1. The molecule has 0 N–H and O–H groups in total. The molecule has 0 radical (unpaired) electrons. The van der Waals surface area contributed by atoms with Gasteiger partial charge in [-0.15, -0.1) is 0 Å². The first-order valence-electron chi connectivity index (χ1n) is 5.77. The molecule has 0 unspecified atom stereocenters. The van der Waals surface area contributed by atoms with Gasteiger partial charge in [-0.1, -0.05) is 61.2 Å². The van der Waals surface area contributed by atoms with E-state index in [4.69, 9.17) is 0 Å². The molecule has 0 saturated heterocycles. The molecule has 0 atom stereocenters. The lowest BCUT2D eigenvalue weighted by Gasteiger charge is -2.11. The Balaban J connectivity index is 2.70. The van der Waals surface area contributed by atoms with Crippen molar-refractivity contribution in [3.05, 3.63) is 59.8 Å². The summed E-state index contributed by atoms with van der Waals surface area (Å²) in [6.07, 6.45) is 0. The van der Waals surface area contributed by atoms with Gasteiger partial charge in [0.1, 0.15) is 0 Å². The number of hydrogen-bond acceptors (Lipinski definition) is 0. The molecule has 0 heterocycles. The summed E-state index contributed by atoms with van der Waals surface area (Å²) >= 11 is 0. The van der Waals surface area contributed by atoms with Gasteiger partial charge >= 0.3 is 0 Å². The molecule has 0 aliphatic carbocycles. The van der Waals surface area contributed by atoms with Crippen LogP contribution in [0.25, 0.3) is 33.7 Å². The highest BCUT2D eigenvalue weighted by molar-refractivity contribution is 6.13. The summed E-state index contributed by atoms with van der Waals surface area (Å²) < 4.78 is 0. The molecule has 0 saturated carbocycles. The van der Waals surface area contributed by atoms with E-state index >= 15 is 0 Å². The summed E-state index contributed by atoms with van der Waals surface area (Å²) in [5.74, 6) is 0. The van der Waals surface area contributed by atoms with E-state index in [0.717, 1.165) is 10.8 Å². The molecule has 0 nitrogen and oxygen atoms in total. The third-order valence-corrected chi connectivity index (χ3v) is 3.32. The Bertz CT molecular complexity index is 763. The highest BCUT2D eigenvalue weighted by Crippen LogP contribution is 2.29. The Morgan fingerprint density at radius 2 is 1.53 bits per heavy atom. The summed E-state index contributed by atoms with van der Waals surface area (Å²) in [4.78, 5) is 0. The Morgan fingerprint density at radius 3 is 2.18 bits per heavy atom. The fourth-order valence-electron chi connectivity index (χ4n) is 2.51. The molecule has 0 aromatic heterocycles. The maximum absolute atomic E-state index is 4.15. The lowest BCUT2D eigenvalue weighted by atomic mass is 9.93. The minimum Gasteiger partial charge on any atom is -0.0955 e. The Morgan fingerprint density at radius 1 is 0.882 bits per heavy atom. The van der Waals surface area contributed by atoms with E-state index in [1.165, 1.54) is 27.1 Å². The monoisotopic (exact) mass is 218 g/mol. The van der Waals surface area contributed by atoms with Gasteiger partial charge in [0, 0.05) is 0 Å². The smallest absolute Gasteiger partial charge is 0.00269 e. The maximum Gasteiger partial charge on any atom is -0.00269 e. The third kappa shape index (κ3) is 1.38. The summed E-state index contributed by atoms with van der Waals surface area (Å²) in [7, 11) is 0. The van der Waals surface area contributed by atoms with Crippen LogP contribution < -0.4 is 5.22 Å². The first-order valence-corrected chi connectivity index (χ1v) is 5.77. The topological polar surface area (TPSA) is 0 Å². The Labute approximate surface area is 101 Å². The molecule has 3 aromatic rings. The normalized spacial score (nSPS) is 11.1. The van der Waals surface area contributed by atoms with Crippen molar-refractivity contribution in [2.75, 3.05) is 0 Å². The molecule has 0 spiro atoms. The largest absolute Gasteiger partial charge is 0.0955 e. The highest BCUT2D eigenvalue weighted by Gasteiger charge is 2.07. The predicted molar refractivity (Wildman–Crippen MR) is 76.9 cm³/mol. The van der Waals surface area contributed by atoms with E-state index < -0.39 is 0 Å². The van der Waals surface area contributed by atoms with Gasteiger partial charge in [-0.05, 0) is 39.3 Å². The predicted octanol–water partition coefficient (Wildman–Crippen LogP) is 4.16. The van der Waals surface area contributed by atoms with E-state index in [0.29, 0.717) is 0 Å². The zero-order valence-corrected chi connectivity index (χ0v) is 9.96. The average molecular weight is 218 g/mol. The van der Waals surface area contributed by atoms with E-state index in [2.05, 4.69) is 55.6 Å². The molecule has 3 rings (SSSR count). The van der Waals surface area contributed by atoms with Crippen molar-refractivity contribution in [1.29, 1.82) is 0 Å². The summed E-state index contributed by atoms with van der Waals surface area (Å²) in [5.41, 5.74) is 2.30. The molecular formula is C17H14. The van der Waals surface area contributed by atoms with Gasteiger partial charge in [0.05, 0.1) is 0 Å². The highest BCUT2D eigenvalue weighted by atomic mass is 14.1. The molecule has 0 aliphatic rings. The summed E-state index contributed by atoms with van der Waals surface area (Å²) in [5, 5.41) is 6.17. The van der Waals surface area contributed by atoms with E-state index in [9.17, 15) is 0 Å². The number of rotatable bonds is 1. The van der Waals surface area contributed by atoms with Gasteiger partial charge in [0.15, 0.2) is 0 Å². The molecule has 17 heavy (non-hydrogen) atoms. The lowest BCUT2D eigenvalue weighted by Crippen LogP contribution is -2.02. The minimum atomic E-state index is 1.08. The zero-order valence-electron chi connectivity index (χ0n) is 9.96. The molecule has 82 valence electrons. The van der Waals surface area contributed by atoms with Crippen LogP contribution in [0.3, 0.4) is 0 Å². The van der Waals surface area contributed by atoms with Crippen LogP contribution in [-0.4, -0.2) is 0 Å². The molecule has 0 amide bonds. The van der Waals surface area contributed by atoms with Crippen LogP contribution in [-0.2, 0) is 0 Å². The molecule has 0 heteroatoms. The van der Waals surface area contributed by atoms with Gasteiger partial charge in [-0.25, -0.2) is 0 Å². The fourth-order valence-corrected chi connectivity index (χ4v) is 2.51. The van der Waals surface area contributed by atoms with Gasteiger partial charge < -0.3 is 0 Å². The first-order chi connectivity index (χ1) is 8.18. The summed E-state index contributed by atoms with van der Waals surface area (Å²) in [6.45, 7) is 10.3. The fraction of sp³-hybridized carbons (Fsp3) is 0.0588. The number of hydrogen-bond donors (Lipinski definition) is 0. The van der Waals surface area contributed by atoms with Gasteiger partial charge in [0.25, 0.3) is 0 Å². The van der Waals surface area contributed by atoms with E-state index in [1.54, 1.807) is 0 Å². The van der Waals surface area contributed by atoms with Gasteiger partial charge in [-0.2, -0.15) is 0 Å². The summed E-state index contributed by atoms with van der Waals surface area (Å²) in [6, 6.07) is 14.9. The second-order valence-corrected chi connectivity index (χ2v) is 4.57. The van der Waals surface area contributed by atoms with Gasteiger partial charge in [-0.3, -0.25) is 0 Å². The van der Waals surface area contributed by atoms with Crippen molar-refractivity contribution >= 4 is 33.7 Å². The second-order valence-electron chi connectivity index (χ2n) is 4.57. The van der Waals surface area contributed by atoms with Gasteiger partial charge in [0.2, 0.25) is 0 Å². The molecule has 0 aliphatic heterocycles. The first kappa shape index (κ1) is 10.1. The van der Waals surface area contributed by atoms with Crippen molar-refractivity contribution in [3.63, 3.8) is 0 Å². The van der Waals surface area contributed by atoms with Crippen LogP contribution in [0.1, 0.15) is 12.5 Å². The van der Waals surface area contributed by atoms with Crippen LogP contribution in [0, 0.1) is 0 Å². The molecule has 0 fully saturated rings. The quantitative estimate of drug-likeness (QED) is 0.575. The van der Waals surface area contributed by atoms with Crippen LogP contribution in [0.2, 0.25) is 0 Å². The van der Waals surface area contributed by atoms with Crippen LogP contribution in [0.4, 0.5) is 0 Å². The van der Waals surface area contributed by atoms with E-state index in [-0.39, 0.29) is 0 Å².